The number of methoxy groups -OCH3 is 1. The molecule has 12 heavy (non-hydrogen) atoms. The van der Waals surface area contributed by atoms with Crippen LogP contribution in [0.4, 0.5) is 0 Å². The summed E-state index contributed by atoms with van der Waals surface area (Å²) in [4.78, 5) is 0. The highest BCUT2D eigenvalue weighted by Gasteiger charge is 2.33. The predicted octanol–water partition coefficient (Wildman–Crippen LogP) is 3.41. The van der Waals surface area contributed by atoms with Gasteiger partial charge in [0.1, 0.15) is 0 Å². The van der Waals surface area contributed by atoms with E-state index in [0.717, 1.165) is 10.3 Å². The molecule has 1 aliphatic rings. The van der Waals surface area contributed by atoms with Crippen LogP contribution in [0.5, 0.6) is 0 Å². The molecule has 0 aromatic rings. The minimum atomic E-state index is 0.228. The fourth-order valence-corrected chi connectivity index (χ4v) is 3.08. The normalized spacial score (nSPS) is 36.8. The molecular formula is C10H19IO. The van der Waals surface area contributed by atoms with Crippen molar-refractivity contribution in [3.05, 3.63) is 0 Å². The smallest absolute Gasteiger partial charge is 0.0768 e. The molecule has 0 heterocycles. The van der Waals surface area contributed by atoms with E-state index >= 15 is 0 Å². The topological polar surface area (TPSA) is 9.23 Å². The molecule has 0 atom stereocenters. The van der Waals surface area contributed by atoms with Gasteiger partial charge in [0.15, 0.2) is 0 Å². The van der Waals surface area contributed by atoms with Crippen LogP contribution in [0.2, 0.25) is 0 Å². The Balaban J connectivity index is 2.42. The number of hydrogen-bond donors (Lipinski definition) is 0. The maximum absolute atomic E-state index is 5.61. The summed E-state index contributed by atoms with van der Waals surface area (Å²) < 4.78 is 6.76. The average Bonchev–Trinajstić information content (AvgIpc) is 2.18. The van der Waals surface area contributed by atoms with Crippen molar-refractivity contribution in [1.82, 2.24) is 0 Å². The van der Waals surface area contributed by atoms with Crippen LogP contribution in [0.25, 0.3) is 0 Å². The highest BCUT2D eigenvalue weighted by molar-refractivity contribution is 14.1. The molecule has 0 bridgehead atoms. The third-order valence-corrected chi connectivity index (χ3v) is 4.66. The molecule has 0 radical (unpaired) electrons. The van der Waals surface area contributed by atoms with Crippen molar-refractivity contribution in [3.63, 3.8) is 0 Å². The molecule has 0 aromatic carbocycles. The molecule has 1 rings (SSSR count). The standard InChI is InChI=1S/C10H19IO/c1-3-9-4-6-10(8-11,12-2)7-5-9/h9H,3-8H2,1-2H3. The number of halogens is 1. The summed E-state index contributed by atoms with van der Waals surface area (Å²) in [6, 6.07) is 0. The predicted molar refractivity (Wildman–Crippen MR) is 60.9 cm³/mol. The first-order valence-corrected chi connectivity index (χ1v) is 6.40. The molecule has 1 aliphatic carbocycles. The van der Waals surface area contributed by atoms with Gasteiger partial charge in [0, 0.05) is 11.5 Å². The Hall–Kier alpha value is 0.690. The van der Waals surface area contributed by atoms with E-state index in [2.05, 4.69) is 29.5 Å². The zero-order valence-corrected chi connectivity index (χ0v) is 10.3. The second kappa shape index (κ2) is 4.80. The van der Waals surface area contributed by atoms with Crippen LogP contribution in [-0.2, 0) is 4.74 Å². The SMILES string of the molecule is CCC1CCC(CI)(OC)CC1. The lowest BCUT2D eigenvalue weighted by Crippen LogP contribution is -2.37. The van der Waals surface area contributed by atoms with Gasteiger partial charge in [-0.05, 0) is 31.6 Å². The van der Waals surface area contributed by atoms with Gasteiger partial charge in [-0.1, -0.05) is 35.9 Å². The number of rotatable bonds is 3. The van der Waals surface area contributed by atoms with Crippen molar-refractivity contribution in [2.45, 2.75) is 44.6 Å². The second-order valence-corrected chi connectivity index (χ2v) is 4.64. The van der Waals surface area contributed by atoms with E-state index < -0.39 is 0 Å². The van der Waals surface area contributed by atoms with Gasteiger partial charge < -0.3 is 4.74 Å². The summed E-state index contributed by atoms with van der Waals surface area (Å²) in [6.45, 7) is 2.30. The minimum absolute atomic E-state index is 0.228. The monoisotopic (exact) mass is 282 g/mol. The second-order valence-electron chi connectivity index (χ2n) is 3.87. The summed E-state index contributed by atoms with van der Waals surface area (Å²) in [5, 5.41) is 0. The lowest BCUT2D eigenvalue weighted by molar-refractivity contribution is -0.0276. The van der Waals surface area contributed by atoms with Crippen LogP contribution >= 0.6 is 22.6 Å². The molecular weight excluding hydrogens is 263 g/mol. The zero-order valence-electron chi connectivity index (χ0n) is 8.11. The molecule has 0 saturated heterocycles. The molecule has 0 amide bonds. The largest absolute Gasteiger partial charge is 0.377 e. The molecule has 1 fully saturated rings. The fraction of sp³-hybridized carbons (Fsp3) is 1.00. The molecule has 1 saturated carbocycles. The van der Waals surface area contributed by atoms with Crippen molar-refractivity contribution in [3.8, 4) is 0 Å². The summed E-state index contributed by atoms with van der Waals surface area (Å²) in [5.74, 6) is 0.969. The Labute approximate surface area is 89.4 Å². The molecule has 0 aliphatic heterocycles. The third kappa shape index (κ3) is 2.34. The van der Waals surface area contributed by atoms with Gasteiger partial charge in [-0.2, -0.15) is 0 Å². The van der Waals surface area contributed by atoms with Gasteiger partial charge in [0.25, 0.3) is 0 Å². The number of hydrogen-bond acceptors (Lipinski definition) is 1. The van der Waals surface area contributed by atoms with Crippen LogP contribution in [-0.4, -0.2) is 17.1 Å². The first kappa shape index (κ1) is 10.8. The van der Waals surface area contributed by atoms with Crippen molar-refractivity contribution in [2.24, 2.45) is 5.92 Å². The Morgan fingerprint density at radius 2 is 2.00 bits per heavy atom. The van der Waals surface area contributed by atoms with Crippen molar-refractivity contribution in [1.29, 1.82) is 0 Å². The molecule has 72 valence electrons. The summed E-state index contributed by atoms with van der Waals surface area (Å²) >= 11 is 2.45. The van der Waals surface area contributed by atoms with Crippen molar-refractivity contribution >= 4 is 22.6 Å². The quantitative estimate of drug-likeness (QED) is 0.569. The van der Waals surface area contributed by atoms with E-state index in [4.69, 9.17) is 4.74 Å². The van der Waals surface area contributed by atoms with Crippen LogP contribution < -0.4 is 0 Å². The highest BCUT2D eigenvalue weighted by Crippen LogP contribution is 2.36. The van der Waals surface area contributed by atoms with Gasteiger partial charge in [0.2, 0.25) is 0 Å². The first-order chi connectivity index (χ1) is 5.76. The lowest BCUT2D eigenvalue weighted by Gasteiger charge is -2.37. The van der Waals surface area contributed by atoms with Crippen LogP contribution in [0, 0.1) is 5.92 Å². The minimum Gasteiger partial charge on any atom is -0.377 e. The van der Waals surface area contributed by atoms with Gasteiger partial charge in [0.05, 0.1) is 5.60 Å². The van der Waals surface area contributed by atoms with Gasteiger partial charge >= 0.3 is 0 Å². The Kier molecular flexibility index (Phi) is 4.30. The van der Waals surface area contributed by atoms with Gasteiger partial charge in [-0.15, -0.1) is 0 Å². The number of ether oxygens (including phenoxy) is 1. The zero-order chi connectivity index (χ0) is 9.03. The molecule has 0 aromatic heterocycles. The first-order valence-electron chi connectivity index (χ1n) is 4.87. The Morgan fingerprint density at radius 3 is 2.33 bits per heavy atom. The van der Waals surface area contributed by atoms with Crippen molar-refractivity contribution < 1.29 is 4.74 Å². The molecule has 0 unspecified atom stereocenters. The van der Waals surface area contributed by atoms with Crippen LogP contribution in [0.1, 0.15) is 39.0 Å². The highest BCUT2D eigenvalue weighted by atomic mass is 127. The third-order valence-electron chi connectivity index (χ3n) is 3.27. The van der Waals surface area contributed by atoms with Crippen LogP contribution in [0.15, 0.2) is 0 Å². The number of alkyl halides is 1. The maximum atomic E-state index is 5.61. The summed E-state index contributed by atoms with van der Waals surface area (Å²) in [5.41, 5.74) is 0.228. The summed E-state index contributed by atoms with van der Waals surface area (Å²) in [7, 11) is 1.87. The molecule has 0 N–H and O–H groups in total. The summed E-state index contributed by atoms with van der Waals surface area (Å²) in [6.07, 6.45) is 6.62. The van der Waals surface area contributed by atoms with Gasteiger partial charge in [-0.25, -0.2) is 0 Å². The van der Waals surface area contributed by atoms with E-state index in [1.54, 1.807) is 0 Å². The van der Waals surface area contributed by atoms with Crippen LogP contribution in [0.3, 0.4) is 0 Å². The van der Waals surface area contributed by atoms with E-state index in [9.17, 15) is 0 Å². The maximum Gasteiger partial charge on any atom is 0.0768 e. The van der Waals surface area contributed by atoms with E-state index in [-0.39, 0.29) is 5.60 Å². The van der Waals surface area contributed by atoms with E-state index in [1.807, 2.05) is 7.11 Å². The molecule has 1 nitrogen and oxygen atoms in total. The lowest BCUT2D eigenvalue weighted by atomic mass is 9.79. The van der Waals surface area contributed by atoms with Crippen molar-refractivity contribution in [2.75, 3.05) is 11.5 Å². The molecule has 0 spiro atoms. The van der Waals surface area contributed by atoms with E-state index in [1.165, 1.54) is 32.1 Å². The molecule has 2 heteroatoms. The Morgan fingerprint density at radius 1 is 1.42 bits per heavy atom. The Bertz CT molecular complexity index is 122. The van der Waals surface area contributed by atoms with E-state index in [0.29, 0.717) is 0 Å². The fourth-order valence-electron chi connectivity index (χ4n) is 2.00. The van der Waals surface area contributed by atoms with Gasteiger partial charge in [-0.3, -0.25) is 0 Å². The average molecular weight is 282 g/mol.